The third kappa shape index (κ3) is 7.32. The Bertz CT molecular complexity index is 1100. The van der Waals surface area contributed by atoms with Crippen molar-refractivity contribution in [1.29, 1.82) is 0 Å². The number of nitrogens with zero attached hydrogens (tertiary/aromatic N) is 2. The highest BCUT2D eigenvalue weighted by atomic mass is 79.9. The fourth-order valence-electron chi connectivity index (χ4n) is 2.71. The first-order chi connectivity index (χ1) is 15.4. The number of carbonyl (C=O) groups excluding carboxylic acids is 2. The van der Waals surface area contributed by atoms with E-state index in [2.05, 4.69) is 36.5 Å². The Morgan fingerprint density at radius 3 is 2.59 bits per heavy atom. The molecule has 0 aliphatic rings. The maximum absolute atomic E-state index is 12.5. The van der Waals surface area contributed by atoms with Crippen LogP contribution in [-0.2, 0) is 17.1 Å². The second kappa shape index (κ2) is 12.0. The third-order valence-corrected chi connectivity index (χ3v) is 6.36. The van der Waals surface area contributed by atoms with Crippen LogP contribution >= 0.6 is 39.3 Å². The number of carbonyl (C=O) groups is 2. The van der Waals surface area contributed by atoms with Crippen LogP contribution in [0.15, 0.2) is 64.4 Å². The lowest BCUT2D eigenvalue weighted by atomic mass is 10.1. The van der Waals surface area contributed by atoms with Crippen LogP contribution in [0.2, 0.25) is 5.02 Å². The van der Waals surface area contributed by atoms with Crippen LogP contribution in [0.4, 0.5) is 0 Å². The second-order valence-electron chi connectivity index (χ2n) is 7.00. The number of benzene rings is 2. The van der Waals surface area contributed by atoms with Gasteiger partial charge in [0.1, 0.15) is 5.69 Å². The number of nitrogens with one attached hydrogen (secondary N) is 2. The summed E-state index contributed by atoms with van der Waals surface area (Å²) in [6.45, 7) is 2.68. The average Bonchev–Trinajstić information content (AvgIpc) is 2.79. The van der Waals surface area contributed by atoms with Crippen molar-refractivity contribution in [3.05, 3.63) is 86.6 Å². The van der Waals surface area contributed by atoms with E-state index in [-0.39, 0.29) is 30.5 Å². The van der Waals surface area contributed by atoms with Gasteiger partial charge in [0.05, 0.1) is 4.47 Å². The lowest BCUT2D eigenvalue weighted by molar-refractivity contribution is -0.121. The maximum Gasteiger partial charge on any atom is 0.271 e. The van der Waals surface area contributed by atoms with Crippen molar-refractivity contribution in [1.82, 2.24) is 20.6 Å². The molecule has 1 aromatic heterocycles. The Labute approximate surface area is 204 Å². The normalized spacial score (nSPS) is 10.6. The van der Waals surface area contributed by atoms with Gasteiger partial charge in [0.15, 0.2) is 5.16 Å². The minimum absolute atomic E-state index is 0.136. The molecule has 0 aliphatic heterocycles. The highest BCUT2D eigenvalue weighted by molar-refractivity contribution is 9.10. The van der Waals surface area contributed by atoms with Gasteiger partial charge in [-0.25, -0.2) is 9.97 Å². The van der Waals surface area contributed by atoms with Crippen molar-refractivity contribution >= 4 is 51.1 Å². The Morgan fingerprint density at radius 2 is 1.84 bits per heavy atom. The monoisotopic (exact) mass is 532 g/mol. The van der Waals surface area contributed by atoms with Crippen LogP contribution in [0.1, 0.15) is 33.6 Å². The fourth-order valence-corrected chi connectivity index (χ4v) is 4.18. The van der Waals surface area contributed by atoms with Crippen molar-refractivity contribution in [3.8, 4) is 0 Å². The first-order valence-electron chi connectivity index (χ1n) is 9.91. The molecule has 0 atom stereocenters. The molecule has 0 aliphatic carbocycles. The molecule has 2 aromatic carbocycles. The van der Waals surface area contributed by atoms with E-state index in [1.807, 2.05) is 55.5 Å². The molecule has 32 heavy (non-hydrogen) atoms. The molecule has 2 amide bonds. The third-order valence-electron chi connectivity index (χ3n) is 4.50. The maximum atomic E-state index is 12.5. The van der Waals surface area contributed by atoms with Crippen LogP contribution in [0.3, 0.4) is 0 Å². The molecule has 0 spiro atoms. The number of aromatic nitrogens is 2. The van der Waals surface area contributed by atoms with Gasteiger partial charge >= 0.3 is 0 Å². The molecule has 3 aromatic rings. The van der Waals surface area contributed by atoms with Gasteiger partial charge in [-0.05, 0) is 40.0 Å². The summed E-state index contributed by atoms with van der Waals surface area (Å²) in [5.74, 6) is 0.0811. The van der Waals surface area contributed by atoms with Crippen molar-refractivity contribution in [3.63, 3.8) is 0 Å². The molecule has 2 N–H and O–H groups in total. The van der Waals surface area contributed by atoms with Crippen molar-refractivity contribution in [2.24, 2.45) is 0 Å². The highest BCUT2D eigenvalue weighted by Gasteiger charge is 2.15. The van der Waals surface area contributed by atoms with Gasteiger partial charge in [0, 0.05) is 36.5 Å². The van der Waals surface area contributed by atoms with E-state index < -0.39 is 0 Å². The Balaban J connectivity index is 1.47. The molecule has 9 heteroatoms. The van der Waals surface area contributed by atoms with Gasteiger partial charge in [-0.3, -0.25) is 9.59 Å². The summed E-state index contributed by atoms with van der Waals surface area (Å²) in [5, 5.41) is 6.73. The van der Waals surface area contributed by atoms with Crippen molar-refractivity contribution < 1.29 is 9.59 Å². The molecule has 166 valence electrons. The Kier molecular flexibility index (Phi) is 9.08. The number of amides is 2. The molecule has 3 rings (SSSR count). The van der Waals surface area contributed by atoms with Crippen LogP contribution in [0.5, 0.6) is 0 Å². The molecule has 6 nitrogen and oxygen atoms in total. The minimum atomic E-state index is -0.370. The summed E-state index contributed by atoms with van der Waals surface area (Å²) in [7, 11) is 0. The SMILES string of the molecule is Cc1ccc(CNC(=O)CCNC(=O)c2nc(SCc3ccccc3Cl)ncc2Br)cc1. The number of hydrogen-bond donors (Lipinski definition) is 2. The number of aryl methyl sites for hydroxylation is 1. The predicted molar refractivity (Wildman–Crippen MR) is 131 cm³/mol. The zero-order valence-corrected chi connectivity index (χ0v) is 20.6. The topological polar surface area (TPSA) is 84.0 Å². The van der Waals surface area contributed by atoms with Gasteiger partial charge in [-0.2, -0.15) is 0 Å². The second-order valence-corrected chi connectivity index (χ2v) is 9.20. The molecular weight excluding hydrogens is 512 g/mol. The molecule has 0 fully saturated rings. The summed E-state index contributed by atoms with van der Waals surface area (Å²) in [4.78, 5) is 33.2. The van der Waals surface area contributed by atoms with Gasteiger partial charge in [0.25, 0.3) is 5.91 Å². The summed E-state index contributed by atoms with van der Waals surface area (Å²) in [5.41, 5.74) is 3.39. The Hall–Kier alpha value is -2.42. The quantitative estimate of drug-likeness (QED) is 0.301. The van der Waals surface area contributed by atoms with Crippen LogP contribution in [-0.4, -0.2) is 28.3 Å². The van der Waals surface area contributed by atoms with E-state index in [9.17, 15) is 9.59 Å². The first-order valence-corrected chi connectivity index (χ1v) is 12.1. The standard InChI is InChI=1S/C23H22BrClN4O2S/c1-15-6-8-16(9-7-15)12-27-20(30)10-11-26-22(31)21-18(24)13-28-23(29-21)32-14-17-4-2-3-5-19(17)25/h2-9,13H,10-12,14H2,1H3,(H,26,31)(H,27,30). The van der Waals surface area contributed by atoms with Crippen LogP contribution < -0.4 is 10.6 Å². The average molecular weight is 534 g/mol. The number of rotatable bonds is 9. The van der Waals surface area contributed by atoms with Gasteiger partial charge < -0.3 is 10.6 Å². The zero-order valence-electron chi connectivity index (χ0n) is 17.4. The molecule has 0 unspecified atom stereocenters. The largest absolute Gasteiger partial charge is 0.352 e. The smallest absolute Gasteiger partial charge is 0.271 e. The van der Waals surface area contributed by atoms with Crippen LogP contribution in [0.25, 0.3) is 0 Å². The minimum Gasteiger partial charge on any atom is -0.352 e. The highest BCUT2D eigenvalue weighted by Crippen LogP contribution is 2.25. The lowest BCUT2D eigenvalue weighted by Gasteiger charge is -2.09. The summed E-state index contributed by atoms with van der Waals surface area (Å²) in [6, 6.07) is 15.5. The van der Waals surface area contributed by atoms with E-state index in [0.29, 0.717) is 26.9 Å². The molecular formula is C23H22BrClN4O2S. The van der Waals surface area contributed by atoms with Gasteiger partial charge in [0.2, 0.25) is 5.91 Å². The van der Waals surface area contributed by atoms with Gasteiger partial charge in [-0.15, -0.1) is 0 Å². The lowest BCUT2D eigenvalue weighted by Crippen LogP contribution is -2.31. The summed E-state index contributed by atoms with van der Waals surface area (Å²) < 4.78 is 0.487. The number of thioether (sulfide) groups is 1. The molecule has 0 saturated heterocycles. The number of halogens is 2. The van der Waals surface area contributed by atoms with E-state index >= 15 is 0 Å². The summed E-state index contributed by atoms with van der Waals surface area (Å²) in [6.07, 6.45) is 1.72. The number of hydrogen-bond acceptors (Lipinski definition) is 5. The van der Waals surface area contributed by atoms with Crippen molar-refractivity contribution in [2.45, 2.75) is 30.8 Å². The molecule has 0 radical (unpaired) electrons. The summed E-state index contributed by atoms with van der Waals surface area (Å²) >= 11 is 10.9. The van der Waals surface area contributed by atoms with E-state index in [0.717, 1.165) is 11.1 Å². The van der Waals surface area contributed by atoms with Crippen LogP contribution in [0, 0.1) is 6.92 Å². The van der Waals surface area contributed by atoms with E-state index in [1.165, 1.54) is 17.3 Å². The fraction of sp³-hybridized carbons (Fsp3) is 0.217. The zero-order chi connectivity index (χ0) is 22.9. The van der Waals surface area contributed by atoms with Crippen molar-refractivity contribution in [2.75, 3.05) is 6.54 Å². The molecule has 1 heterocycles. The predicted octanol–water partition coefficient (Wildman–Crippen LogP) is 4.93. The van der Waals surface area contributed by atoms with E-state index in [4.69, 9.17) is 11.6 Å². The Morgan fingerprint density at radius 1 is 1.09 bits per heavy atom. The first kappa shape index (κ1) is 24.2. The van der Waals surface area contributed by atoms with E-state index in [1.54, 1.807) is 6.20 Å². The molecule has 0 saturated carbocycles. The molecule has 0 bridgehead atoms. The van der Waals surface area contributed by atoms with Gasteiger partial charge in [-0.1, -0.05) is 71.4 Å².